The lowest BCUT2D eigenvalue weighted by molar-refractivity contribution is -0.146. The fourth-order valence-electron chi connectivity index (χ4n) is 5.05. The Bertz CT molecular complexity index is 1480. The molecule has 4 rings (SSSR count). The Morgan fingerprint density at radius 3 is 2.57 bits per heavy atom. The molecule has 42 heavy (non-hydrogen) atoms. The molecule has 3 aromatic rings. The van der Waals surface area contributed by atoms with Crippen LogP contribution in [0.1, 0.15) is 60.0 Å². The Morgan fingerprint density at radius 2 is 1.90 bits per heavy atom. The standard InChI is InChI=1S/C32H32ClFN2O6/c1-3-20(21-10-13-27(32(39)40)28(34)17-21)18-30(37)36-19-25(35-42-26-7-5-4-6-8-26)12-9-22(31(36)38)15-23-16-24(33)11-14-29(23)41-2/h4-8,10-11,13-14,16-17,20,22H,3,9,12,15,18-19H2,1-2H3,(H,39,40)/b35-25+/t20-,22?/m0/s1. The van der Waals surface area contributed by atoms with Crippen LogP contribution >= 0.6 is 11.6 Å². The second-order valence-corrected chi connectivity index (χ2v) is 10.6. The molecule has 2 atom stereocenters. The molecule has 2 amide bonds. The van der Waals surface area contributed by atoms with Gasteiger partial charge in [0.2, 0.25) is 11.8 Å². The molecule has 3 aromatic carbocycles. The summed E-state index contributed by atoms with van der Waals surface area (Å²) in [5, 5.41) is 14.0. The molecular weight excluding hydrogens is 563 g/mol. The Morgan fingerprint density at radius 1 is 1.14 bits per heavy atom. The maximum atomic E-state index is 14.5. The summed E-state index contributed by atoms with van der Waals surface area (Å²) in [4.78, 5) is 45.7. The molecule has 0 aromatic heterocycles. The molecule has 0 spiro atoms. The monoisotopic (exact) mass is 594 g/mol. The van der Waals surface area contributed by atoms with Crippen molar-refractivity contribution in [3.63, 3.8) is 0 Å². The topological polar surface area (TPSA) is 106 Å². The van der Waals surface area contributed by atoms with Crippen LogP contribution < -0.4 is 9.57 Å². The van der Waals surface area contributed by atoms with E-state index in [0.717, 1.165) is 11.6 Å². The number of halogens is 2. The van der Waals surface area contributed by atoms with E-state index in [9.17, 15) is 18.8 Å². The molecule has 1 aliphatic rings. The van der Waals surface area contributed by atoms with E-state index >= 15 is 0 Å². The normalized spacial score (nSPS) is 17.0. The number of oxime groups is 1. The van der Waals surface area contributed by atoms with Crippen LogP contribution in [0.15, 0.2) is 71.9 Å². The third-order valence-electron chi connectivity index (χ3n) is 7.38. The smallest absolute Gasteiger partial charge is 0.338 e. The predicted molar refractivity (Wildman–Crippen MR) is 157 cm³/mol. The number of nitrogens with zero attached hydrogens (tertiary/aromatic N) is 2. The van der Waals surface area contributed by atoms with Gasteiger partial charge in [-0.2, -0.15) is 0 Å². The van der Waals surface area contributed by atoms with Crippen molar-refractivity contribution in [1.82, 2.24) is 4.90 Å². The highest BCUT2D eigenvalue weighted by Gasteiger charge is 2.35. The largest absolute Gasteiger partial charge is 0.496 e. The van der Waals surface area contributed by atoms with E-state index in [1.165, 1.54) is 17.0 Å². The first-order valence-corrected chi connectivity index (χ1v) is 14.0. The molecule has 1 fully saturated rings. The number of carbonyl (C=O) groups is 3. The van der Waals surface area contributed by atoms with Crippen LogP contribution in [0.2, 0.25) is 5.02 Å². The van der Waals surface area contributed by atoms with Crippen LogP contribution in [-0.2, 0) is 16.0 Å². The van der Waals surface area contributed by atoms with Gasteiger partial charge in [0.05, 0.1) is 24.9 Å². The van der Waals surface area contributed by atoms with Gasteiger partial charge >= 0.3 is 5.97 Å². The van der Waals surface area contributed by atoms with Crippen molar-refractivity contribution in [1.29, 1.82) is 0 Å². The molecule has 1 unspecified atom stereocenters. The number of rotatable bonds is 10. The lowest BCUT2D eigenvalue weighted by Crippen LogP contribution is -2.42. The van der Waals surface area contributed by atoms with Crippen molar-refractivity contribution in [2.75, 3.05) is 13.7 Å². The number of imide groups is 1. The summed E-state index contributed by atoms with van der Waals surface area (Å²) in [5.41, 5.74) is 1.32. The van der Waals surface area contributed by atoms with Crippen molar-refractivity contribution < 1.29 is 33.5 Å². The van der Waals surface area contributed by atoms with Crippen LogP contribution in [0.4, 0.5) is 4.39 Å². The van der Waals surface area contributed by atoms with E-state index < -0.39 is 35.1 Å². The predicted octanol–water partition coefficient (Wildman–Crippen LogP) is 6.51. The Hall–Kier alpha value is -4.24. The van der Waals surface area contributed by atoms with Crippen LogP contribution in [0.5, 0.6) is 11.5 Å². The third-order valence-corrected chi connectivity index (χ3v) is 7.61. The quantitative estimate of drug-likeness (QED) is 0.268. The lowest BCUT2D eigenvalue weighted by Gasteiger charge is -2.25. The Balaban J connectivity index is 1.61. The van der Waals surface area contributed by atoms with Crippen LogP contribution in [-0.4, -0.2) is 47.2 Å². The van der Waals surface area contributed by atoms with Gasteiger partial charge in [-0.05, 0) is 85.2 Å². The van der Waals surface area contributed by atoms with E-state index in [4.69, 9.17) is 26.3 Å². The Labute approximate surface area is 248 Å². The number of carboxylic acids is 1. The summed E-state index contributed by atoms with van der Waals surface area (Å²) in [6.07, 6.45) is 1.55. The molecule has 0 radical (unpaired) electrons. The average Bonchev–Trinajstić information content (AvgIpc) is 3.13. The molecule has 0 aliphatic carbocycles. The number of benzene rings is 3. The molecule has 0 saturated carbocycles. The fraction of sp³-hybridized carbons (Fsp3) is 0.312. The maximum Gasteiger partial charge on any atom is 0.338 e. The fourth-order valence-corrected chi connectivity index (χ4v) is 5.24. The van der Waals surface area contributed by atoms with Crippen LogP contribution in [0.3, 0.4) is 0 Å². The van der Waals surface area contributed by atoms with Gasteiger partial charge in [0.1, 0.15) is 11.6 Å². The van der Waals surface area contributed by atoms with Gasteiger partial charge in [-0.3, -0.25) is 14.5 Å². The van der Waals surface area contributed by atoms with Gasteiger partial charge in [-0.15, -0.1) is 0 Å². The highest BCUT2D eigenvalue weighted by molar-refractivity contribution is 6.30. The van der Waals surface area contributed by atoms with E-state index in [0.29, 0.717) is 53.5 Å². The van der Waals surface area contributed by atoms with Gasteiger partial charge in [-0.25, -0.2) is 9.18 Å². The van der Waals surface area contributed by atoms with Gasteiger partial charge in [0.25, 0.3) is 0 Å². The summed E-state index contributed by atoms with van der Waals surface area (Å²) in [6, 6.07) is 18.0. The van der Waals surface area contributed by atoms with E-state index in [-0.39, 0.29) is 18.9 Å². The van der Waals surface area contributed by atoms with Crippen LogP contribution in [0.25, 0.3) is 0 Å². The second-order valence-electron chi connectivity index (χ2n) is 10.1. The number of methoxy groups -OCH3 is 1. The zero-order valence-electron chi connectivity index (χ0n) is 23.4. The number of hydrogen-bond donors (Lipinski definition) is 1. The van der Waals surface area contributed by atoms with E-state index in [2.05, 4.69) is 5.16 Å². The number of carboxylic acid groups (broad SMARTS) is 1. The minimum Gasteiger partial charge on any atom is -0.496 e. The zero-order valence-corrected chi connectivity index (χ0v) is 24.1. The van der Waals surface area contributed by atoms with Gasteiger partial charge in [0, 0.05) is 17.4 Å². The molecule has 0 bridgehead atoms. The van der Waals surface area contributed by atoms with Crippen molar-refractivity contribution in [2.45, 2.75) is 44.9 Å². The number of ether oxygens (including phenoxy) is 1. The van der Waals surface area contributed by atoms with Crippen molar-refractivity contribution >= 4 is 35.1 Å². The molecule has 1 saturated heterocycles. The molecule has 220 valence electrons. The first-order valence-electron chi connectivity index (χ1n) is 13.7. The minimum atomic E-state index is -1.37. The number of likely N-dealkylation sites (tertiary alicyclic amines) is 1. The molecule has 8 nitrogen and oxygen atoms in total. The summed E-state index contributed by atoms with van der Waals surface area (Å²) < 4.78 is 19.9. The number of para-hydroxylation sites is 1. The van der Waals surface area contributed by atoms with Gasteiger partial charge < -0.3 is 14.7 Å². The number of carbonyl (C=O) groups excluding carboxylic acids is 2. The van der Waals surface area contributed by atoms with Crippen molar-refractivity contribution in [3.8, 4) is 11.5 Å². The van der Waals surface area contributed by atoms with Gasteiger partial charge in [0.15, 0.2) is 5.75 Å². The Kier molecular flexibility index (Phi) is 10.3. The molecule has 10 heteroatoms. The maximum absolute atomic E-state index is 14.5. The lowest BCUT2D eigenvalue weighted by atomic mass is 9.91. The summed E-state index contributed by atoms with van der Waals surface area (Å²) in [5.74, 6) is -2.91. The third kappa shape index (κ3) is 7.53. The van der Waals surface area contributed by atoms with E-state index in [1.807, 2.05) is 25.1 Å². The van der Waals surface area contributed by atoms with Crippen LogP contribution in [0, 0.1) is 11.7 Å². The molecule has 1 heterocycles. The first-order chi connectivity index (χ1) is 20.2. The number of hydrogen-bond acceptors (Lipinski definition) is 6. The average molecular weight is 595 g/mol. The van der Waals surface area contributed by atoms with Gasteiger partial charge in [-0.1, -0.05) is 47.9 Å². The molecule has 1 aliphatic heterocycles. The number of amides is 2. The minimum absolute atomic E-state index is 0.0452. The SMILES string of the molecule is CC[C@@H](CC(=O)N1C/C(=N/Oc2ccccc2)CCC(Cc2cc(Cl)ccc2OC)C1=O)c1ccc(C(=O)O)c(F)c1. The van der Waals surface area contributed by atoms with Crippen molar-refractivity contribution in [2.24, 2.45) is 11.1 Å². The second kappa shape index (κ2) is 14.1. The van der Waals surface area contributed by atoms with Crippen molar-refractivity contribution in [3.05, 3.63) is 94.3 Å². The zero-order chi connectivity index (χ0) is 30.2. The highest BCUT2D eigenvalue weighted by Crippen LogP contribution is 2.31. The first kappa shape index (κ1) is 30.7. The summed E-state index contributed by atoms with van der Waals surface area (Å²) >= 11 is 6.23. The highest BCUT2D eigenvalue weighted by atomic mass is 35.5. The molecular formula is C32H32ClFN2O6. The van der Waals surface area contributed by atoms with E-state index in [1.54, 1.807) is 37.4 Å². The summed E-state index contributed by atoms with van der Waals surface area (Å²) in [6.45, 7) is 1.80. The summed E-state index contributed by atoms with van der Waals surface area (Å²) in [7, 11) is 1.54. The molecule has 1 N–H and O–H groups in total. The number of aromatic carboxylic acids is 1.